The first-order chi connectivity index (χ1) is 13.2. The van der Waals surface area contributed by atoms with E-state index in [1.807, 2.05) is 0 Å². The van der Waals surface area contributed by atoms with Gasteiger partial charge in [0.25, 0.3) is 0 Å². The summed E-state index contributed by atoms with van der Waals surface area (Å²) < 4.78 is 6.62. The average Bonchev–Trinajstić information content (AvgIpc) is 3.52. The Morgan fingerprint density at radius 2 is 2.07 bits per heavy atom. The molecule has 6 aliphatic rings. The van der Waals surface area contributed by atoms with Gasteiger partial charge in [0.05, 0.1) is 11.7 Å². The van der Waals surface area contributed by atoms with Crippen molar-refractivity contribution in [1.29, 1.82) is 0 Å². The summed E-state index contributed by atoms with van der Waals surface area (Å²) in [6.45, 7) is 4.55. The van der Waals surface area contributed by atoms with Crippen molar-refractivity contribution >= 4 is 11.8 Å². The molecule has 1 heterocycles. The van der Waals surface area contributed by atoms with Gasteiger partial charge in [-0.3, -0.25) is 9.59 Å². The van der Waals surface area contributed by atoms with Crippen molar-refractivity contribution in [2.24, 2.45) is 28.6 Å². The quantitative estimate of drug-likeness (QED) is 0.574. The Morgan fingerprint density at radius 1 is 1.29 bits per heavy atom. The molecule has 5 nitrogen and oxygen atoms in total. The number of epoxide rings is 1. The Labute approximate surface area is 165 Å². The number of aliphatic carboxylic acids is 1. The molecule has 4 saturated carbocycles. The number of hydrogen-bond donors (Lipinski definition) is 2. The van der Waals surface area contributed by atoms with Gasteiger partial charge < -0.3 is 14.9 Å². The summed E-state index contributed by atoms with van der Waals surface area (Å²) in [6.07, 6.45) is 6.28. The second kappa shape index (κ2) is 4.92. The van der Waals surface area contributed by atoms with Crippen molar-refractivity contribution < 1.29 is 24.5 Å². The van der Waals surface area contributed by atoms with Gasteiger partial charge in [0.15, 0.2) is 0 Å². The fourth-order valence-corrected chi connectivity index (χ4v) is 8.58. The molecule has 0 aromatic rings. The van der Waals surface area contributed by atoms with Crippen LogP contribution in [-0.4, -0.2) is 39.3 Å². The van der Waals surface area contributed by atoms with Crippen LogP contribution in [0.5, 0.6) is 0 Å². The normalized spacial score (nSPS) is 55.6. The first-order valence-electron chi connectivity index (χ1n) is 11.0. The van der Waals surface area contributed by atoms with Gasteiger partial charge in [0, 0.05) is 36.0 Å². The number of hydrogen-bond acceptors (Lipinski definition) is 4. The summed E-state index contributed by atoms with van der Waals surface area (Å²) in [7, 11) is 0. The molecular weight excluding hydrogens is 356 g/mol. The van der Waals surface area contributed by atoms with Crippen molar-refractivity contribution in [3.63, 3.8) is 0 Å². The van der Waals surface area contributed by atoms with E-state index in [0.29, 0.717) is 49.2 Å². The van der Waals surface area contributed by atoms with Crippen molar-refractivity contribution in [2.75, 3.05) is 0 Å². The van der Waals surface area contributed by atoms with Gasteiger partial charge >= 0.3 is 5.97 Å². The summed E-state index contributed by atoms with van der Waals surface area (Å²) in [5.41, 5.74) is 1.57. The topological polar surface area (TPSA) is 87.1 Å². The number of carboxylic acids is 1. The van der Waals surface area contributed by atoms with Gasteiger partial charge in [-0.15, -0.1) is 0 Å². The van der Waals surface area contributed by atoms with Crippen LogP contribution in [0.25, 0.3) is 0 Å². The molecule has 0 amide bonds. The van der Waals surface area contributed by atoms with Crippen LogP contribution in [0.3, 0.4) is 0 Å². The van der Waals surface area contributed by atoms with E-state index < -0.39 is 11.6 Å². The van der Waals surface area contributed by atoms with Crippen molar-refractivity contribution in [3.05, 3.63) is 11.1 Å². The van der Waals surface area contributed by atoms with E-state index in [4.69, 9.17) is 4.74 Å². The van der Waals surface area contributed by atoms with Gasteiger partial charge in [-0.1, -0.05) is 25.0 Å². The van der Waals surface area contributed by atoms with E-state index in [-0.39, 0.29) is 29.0 Å². The van der Waals surface area contributed by atoms with E-state index >= 15 is 0 Å². The molecule has 28 heavy (non-hydrogen) atoms. The number of Topliss-reactive ketones (excluding diaryl/α,β-unsaturated/α-hetero) is 1. The molecule has 5 aliphatic carbocycles. The third kappa shape index (κ3) is 1.78. The second-order valence-corrected chi connectivity index (χ2v) is 11.0. The Bertz CT molecular complexity index is 846. The first-order valence-corrected chi connectivity index (χ1v) is 11.0. The lowest BCUT2D eigenvalue weighted by Gasteiger charge is -2.56. The Kier molecular flexibility index (Phi) is 3.10. The van der Waals surface area contributed by atoms with Crippen LogP contribution in [0, 0.1) is 28.6 Å². The van der Waals surface area contributed by atoms with Crippen molar-refractivity contribution in [2.45, 2.75) is 88.9 Å². The molecule has 5 fully saturated rings. The summed E-state index contributed by atoms with van der Waals surface area (Å²) in [5, 5.41) is 20.8. The van der Waals surface area contributed by atoms with Crippen LogP contribution in [0.4, 0.5) is 0 Å². The molecule has 1 spiro atoms. The zero-order chi connectivity index (χ0) is 19.7. The molecule has 0 aromatic heterocycles. The van der Waals surface area contributed by atoms with E-state index in [2.05, 4.69) is 13.8 Å². The zero-order valence-corrected chi connectivity index (χ0v) is 16.8. The molecule has 8 atom stereocenters. The molecule has 2 unspecified atom stereocenters. The minimum absolute atomic E-state index is 0.0261. The predicted octanol–water partition coefficient (Wildman–Crippen LogP) is 3.25. The summed E-state index contributed by atoms with van der Waals surface area (Å²) >= 11 is 0. The molecule has 0 aromatic carbocycles. The maximum Gasteiger partial charge on any atom is 0.303 e. The highest BCUT2D eigenvalue weighted by Gasteiger charge is 2.83. The number of allylic oxidation sites excluding steroid dienone is 1. The molecule has 5 heteroatoms. The molecule has 152 valence electrons. The molecule has 6 rings (SSSR count). The highest BCUT2D eigenvalue weighted by Crippen LogP contribution is 2.81. The van der Waals surface area contributed by atoms with E-state index in [1.54, 1.807) is 0 Å². The van der Waals surface area contributed by atoms with Gasteiger partial charge in [-0.25, -0.2) is 0 Å². The lowest BCUT2D eigenvalue weighted by Crippen LogP contribution is -2.60. The maximum atomic E-state index is 12.2. The fraction of sp³-hybridized carbons (Fsp3) is 0.826. The monoisotopic (exact) mass is 386 g/mol. The van der Waals surface area contributed by atoms with E-state index in [9.17, 15) is 19.8 Å². The lowest BCUT2D eigenvalue weighted by atomic mass is 9.46. The maximum absolute atomic E-state index is 12.2. The van der Waals surface area contributed by atoms with Gasteiger partial charge in [0.2, 0.25) is 0 Å². The summed E-state index contributed by atoms with van der Waals surface area (Å²) in [4.78, 5) is 23.4. The minimum atomic E-state index is -0.906. The third-order valence-corrected chi connectivity index (χ3v) is 10.2. The van der Waals surface area contributed by atoms with Crippen LogP contribution >= 0.6 is 0 Å². The largest absolute Gasteiger partial charge is 0.481 e. The van der Waals surface area contributed by atoms with Gasteiger partial charge in [-0.05, 0) is 50.4 Å². The van der Waals surface area contributed by atoms with Gasteiger partial charge in [-0.2, -0.15) is 0 Å². The smallest absolute Gasteiger partial charge is 0.303 e. The second-order valence-electron chi connectivity index (χ2n) is 11.0. The van der Waals surface area contributed by atoms with Crippen molar-refractivity contribution in [3.8, 4) is 0 Å². The molecule has 0 radical (unpaired) electrons. The Morgan fingerprint density at radius 3 is 2.82 bits per heavy atom. The molecule has 1 saturated heterocycles. The molecular formula is C23H30O5. The van der Waals surface area contributed by atoms with Crippen LogP contribution in [0.2, 0.25) is 0 Å². The predicted molar refractivity (Wildman–Crippen MR) is 100 cm³/mol. The standard InChI is InChI=1S/C23H30O5/c1-20-6-3-12(24)9-16(20)13-10-14(13)19-15-4-7-22(27,8-5-18(25)26)21(15,2)11-17-23(19,20)28-17/h14-15,17,19,27H,3-11H2,1-2H3,(H,25,26)/t14?,15-,17?,19-,20-,21-,22+,23+/m0/s1. The van der Waals surface area contributed by atoms with Gasteiger partial charge in [0.1, 0.15) is 11.4 Å². The number of carbonyl (C=O) groups is 2. The van der Waals surface area contributed by atoms with Crippen molar-refractivity contribution in [1.82, 2.24) is 0 Å². The highest BCUT2D eigenvalue weighted by atomic mass is 16.6. The third-order valence-electron chi connectivity index (χ3n) is 10.2. The summed E-state index contributed by atoms with van der Waals surface area (Å²) in [5.74, 6) is 0.866. The summed E-state index contributed by atoms with van der Waals surface area (Å²) in [6, 6.07) is 0. The first kappa shape index (κ1) is 17.6. The number of carbonyl (C=O) groups excluding carboxylic acids is 1. The lowest BCUT2D eigenvalue weighted by molar-refractivity contribution is -0.143. The zero-order valence-electron chi connectivity index (χ0n) is 16.8. The van der Waals surface area contributed by atoms with Crippen LogP contribution in [0.15, 0.2) is 11.1 Å². The Hall–Kier alpha value is -1.20. The highest BCUT2D eigenvalue weighted by molar-refractivity contribution is 5.84. The molecule has 2 N–H and O–H groups in total. The SMILES string of the molecule is C[C@]12CCC(=O)CC1=C1CC1[C@H]1[C@@H]3CC[C@@](O)(CCC(=O)O)[C@@]3(C)CC3O[C@]312. The van der Waals surface area contributed by atoms with E-state index in [1.165, 1.54) is 11.1 Å². The Balaban J connectivity index is 1.41. The minimum Gasteiger partial charge on any atom is -0.481 e. The van der Waals surface area contributed by atoms with Crippen LogP contribution in [0.1, 0.15) is 71.6 Å². The molecule has 1 aliphatic heterocycles. The van der Waals surface area contributed by atoms with Crippen LogP contribution in [-0.2, 0) is 14.3 Å². The van der Waals surface area contributed by atoms with E-state index in [0.717, 1.165) is 25.7 Å². The fourth-order valence-electron chi connectivity index (χ4n) is 8.58. The number of fused-ring (bicyclic) bond motifs is 5. The number of carboxylic acid groups (broad SMARTS) is 1. The number of ether oxygens (including phenoxy) is 1. The number of rotatable bonds is 3. The van der Waals surface area contributed by atoms with Crippen LogP contribution < -0.4 is 0 Å². The number of ketones is 1. The molecule has 0 bridgehead atoms. The number of aliphatic hydroxyl groups is 1. The average molecular weight is 386 g/mol.